The summed E-state index contributed by atoms with van der Waals surface area (Å²) in [5, 5.41) is 6.78. The van der Waals surface area contributed by atoms with Gasteiger partial charge in [-0.2, -0.15) is 0 Å². The van der Waals surface area contributed by atoms with E-state index in [1.165, 1.54) is 0 Å². The summed E-state index contributed by atoms with van der Waals surface area (Å²) >= 11 is 0. The molecule has 0 saturated carbocycles. The number of ether oxygens (including phenoxy) is 2. The molecule has 170 valence electrons. The van der Waals surface area contributed by atoms with E-state index in [1.54, 1.807) is 0 Å². The predicted molar refractivity (Wildman–Crippen MR) is 124 cm³/mol. The van der Waals surface area contributed by atoms with Crippen LogP contribution in [-0.2, 0) is 11.3 Å². The van der Waals surface area contributed by atoms with Gasteiger partial charge in [0.25, 0.3) is 0 Å². The number of guanidine groups is 1. The average Bonchev–Trinajstić information content (AvgIpc) is 2.70. The lowest BCUT2D eigenvalue weighted by Crippen LogP contribution is -2.50. The van der Waals surface area contributed by atoms with Crippen LogP contribution in [0.4, 0.5) is 0 Å². The summed E-state index contributed by atoms with van der Waals surface area (Å²) in [6, 6.07) is 8.17. The highest BCUT2D eigenvalue weighted by molar-refractivity contribution is 5.79. The van der Waals surface area contributed by atoms with Crippen molar-refractivity contribution in [3.8, 4) is 5.75 Å². The maximum Gasteiger partial charge on any atom is 0.191 e. The van der Waals surface area contributed by atoms with Gasteiger partial charge in [0.1, 0.15) is 12.4 Å². The molecule has 7 heteroatoms. The van der Waals surface area contributed by atoms with Crippen molar-refractivity contribution in [2.75, 3.05) is 66.6 Å². The molecule has 0 bridgehead atoms. The van der Waals surface area contributed by atoms with Gasteiger partial charge in [-0.05, 0) is 44.6 Å². The highest BCUT2D eigenvalue weighted by Crippen LogP contribution is 2.14. The SMILES string of the molecule is CCNC(=NCc1cccc(OCCN(C)C)c1)NCC1CN(CC(C)C)CCO1. The molecule has 0 aliphatic carbocycles. The van der Waals surface area contributed by atoms with Crippen molar-refractivity contribution in [2.45, 2.75) is 33.4 Å². The fourth-order valence-corrected chi connectivity index (χ4v) is 3.39. The monoisotopic (exact) mass is 419 g/mol. The van der Waals surface area contributed by atoms with Crippen molar-refractivity contribution in [3.05, 3.63) is 29.8 Å². The first kappa shape index (κ1) is 24.4. The van der Waals surface area contributed by atoms with Gasteiger partial charge in [-0.25, -0.2) is 4.99 Å². The zero-order chi connectivity index (χ0) is 21.8. The fourth-order valence-electron chi connectivity index (χ4n) is 3.39. The number of nitrogens with one attached hydrogen (secondary N) is 2. The smallest absolute Gasteiger partial charge is 0.191 e. The van der Waals surface area contributed by atoms with Crippen LogP contribution in [0, 0.1) is 5.92 Å². The molecule has 1 unspecified atom stereocenters. The molecule has 2 N–H and O–H groups in total. The molecule has 1 saturated heterocycles. The van der Waals surface area contributed by atoms with E-state index in [1.807, 2.05) is 26.2 Å². The average molecular weight is 420 g/mol. The molecule has 1 aromatic rings. The van der Waals surface area contributed by atoms with Crippen molar-refractivity contribution >= 4 is 5.96 Å². The van der Waals surface area contributed by atoms with Crippen LogP contribution in [0.2, 0.25) is 0 Å². The topological polar surface area (TPSA) is 61.4 Å². The summed E-state index contributed by atoms with van der Waals surface area (Å²) in [7, 11) is 4.09. The number of rotatable bonds is 11. The van der Waals surface area contributed by atoms with Gasteiger partial charge in [0, 0.05) is 39.3 Å². The molecule has 1 heterocycles. The zero-order valence-corrected chi connectivity index (χ0v) is 19.5. The van der Waals surface area contributed by atoms with E-state index in [-0.39, 0.29) is 6.10 Å². The van der Waals surface area contributed by atoms with Crippen LogP contribution in [-0.4, -0.2) is 88.4 Å². The van der Waals surface area contributed by atoms with E-state index in [9.17, 15) is 0 Å². The zero-order valence-electron chi connectivity index (χ0n) is 19.5. The van der Waals surface area contributed by atoms with E-state index in [0.717, 1.165) is 63.1 Å². The fraction of sp³-hybridized carbons (Fsp3) is 0.696. The standard InChI is InChI=1S/C23H41N5O2/c1-6-24-23(26-16-22-18-28(11-13-30-22)17-19(2)3)25-15-20-8-7-9-21(14-20)29-12-10-27(4)5/h7-9,14,19,22H,6,10-13,15-18H2,1-5H3,(H2,24,25,26). The molecule has 0 radical (unpaired) electrons. The molecule has 2 rings (SSSR count). The summed E-state index contributed by atoms with van der Waals surface area (Å²) in [4.78, 5) is 9.35. The summed E-state index contributed by atoms with van der Waals surface area (Å²) in [6.45, 7) is 14.3. The van der Waals surface area contributed by atoms with Gasteiger partial charge in [0.15, 0.2) is 5.96 Å². The van der Waals surface area contributed by atoms with E-state index < -0.39 is 0 Å². The lowest BCUT2D eigenvalue weighted by Gasteiger charge is -2.34. The van der Waals surface area contributed by atoms with Gasteiger partial charge in [-0.1, -0.05) is 26.0 Å². The minimum atomic E-state index is 0.190. The minimum Gasteiger partial charge on any atom is -0.492 e. The van der Waals surface area contributed by atoms with E-state index in [4.69, 9.17) is 14.5 Å². The number of benzene rings is 1. The highest BCUT2D eigenvalue weighted by atomic mass is 16.5. The summed E-state index contributed by atoms with van der Waals surface area (Å²) < 4.78 is 11.8. The molecular weight excluding hydrogens is 378 g/mol. The predicted octanol–water partition coefficient (Wildman–Crippen LogP) is 2.04. The Labute approximate surface area is 182 Å². The van der Waals surface area contributed by atoms with Crippen LogP contribution < -0.4 is 15.4 Å². The second-order valence-corrected chi connectivity index (χ2v) is 8.52. The molecule has 1 aliphatic rings. The first-order valence-corrected chi connectivity index (χ1v) is 11.2. The Morgan fingerprint density at radius 3 is 2.90 bits per heavy atom. The maximum absolute atomic E-state index is 5.94. The molecule has 1 atom stereocenters. The molecular formula is C23H41N5O2. The van der Waals surface area contributed by atoms with Gasteiger partial charge in [0.2, 0.25) is 0 Å². The number of aliphatic imine (C=N–C) groups is 1. The molecule has 1 aliphatic heterocycles. The Morgan fingerprint density at radius 1 is 1.33 bits per heavy atom. The first-order chi connectivity index (χ1) is 14.5. The molecule has 0 amide bonds. The Hall–Kier alpha value is -1.83. The van der Waals surface area contributed by atoms with Gasteiger partial charge < -0.3 is 25.0 Å². The summed E-state index contributed by atoms with van der Waals surface area (Å²) in [6.07, 6.45) is 0.190. The van der Waals surface area contributed by atoms with E-state index in [0.29, 0.717) is 19.1 Å². The molecule has 0 spiro atoms. The number of morpholine rings is 1. The summed E-state index contributed by atoms with van der Waals surface area (Å²) in [5.74, 6) is 2.39. The van der Waals surface area contributed by atoms with Crippen LogP contribution in [0.1, 0.15) is 26.3 Å². The highest BCUT2D eigenvalue weighted by Gasteiger charge is 2.21. The maximum atomic E-state index is 5.94. The van der Waals surface area contributed by atoms with Crippen LogP contribution >= 0.6 is 0 Å². The van der Waals surface area contributed by atoms with Crippen molar-refractivity contribution in [1.29, 1.82) is 0 Å². The molecule has 0 aromatic heterocycles. The summed E-state index contributed by atoms with van der Waals surface area (Å²) in [5.41, 5.74) is 1.13. The number of hydrogen-bond acceptors (Lipinski definition) is 5. The number of likely N-dealkylation sites (N-methyl/N-ethyl adjacent to an activating group) is 1. The first-order valence-electron chi connectivity index (χ1n) is 11.2. The number of hydrogen-bond donors (Lipinski definition) is 2. The lowest BCUT2D eigenvalue weighted by molar-refractivity contribution is -0.0284. The van der Waals surface area contributed by atoms with Gasteiger partial charge in [-0.3, -0.25) is 4.90 Å². The largest absolute Gasteiger partial charge is 0.492 e. The number of nitrogens with zero attached hydrogens (tertiary/aromatic N) is 3. The van der Waals surface area contributed by atoms with Crippen molar-refractivity contribution in [3.63, 3.8) is 0 Å². The molecule has 30 heavy (non-hydrogen) atoms. The second kappa shape index (κ2) is 13.5. The Bertz CT molecular complexity index is 636. The van der Waals surface area contributed by atoms with Crippen molar-refractivity contribution in [2.24, 2.45) is 10.9 Å². The van der Waals surface area contributed by atoms with Crippen LogP contribution in [0.25, 0.3) is 0 Å². The van der Waals surface area contributed by atoms with Crippen molar-refractivity contribution < 1.29 is 9.47 Å². The third-order valence-corrected chi connectivity index (χ3v) is 4.81. The van der Waals surface area contributed by atoms with Gasteiger partial charge in [0.05, 0.1) is 19.3 Å². The Morgan fingerprint density at radius 2 is 2.17 bits per heavy atom. The molecule has 1 aromatic carbocycles. The van der Waals surface area contributed by atoms with Gasteiger partial charge >= 0.3 is 0 Å². The molecule has 7 nitrogen and oxygen atoms in total. The van der Waals surface area contributed by atoms with E-state index in [2.05, 4.69) is 53.3 Å². The van der Waals surface area contributed by atoms with Crippen LogP contribution in [0.3, 0.4) is 0 Å². The Kier molecular flexibility index (Phi) is 11.0. The minimum absolute atomic E-state index is 0.190. The Balaban J connectivity index is 1.85. The van der Waals surface area contributed by atoms with Crippen LogP contribution in [0.5, 0.6) is 5.75 Å². The van der Waals surface area contributed by atoms with Gasteiger partial charge in [-0.15, -0.1) is 0 Å². The van der Waals surface area contributed by atoms with Crippen molar-refractivity contribution in [1.82, 2.24) is 20.4 Å². The normalized spacial score (nSPS) is 18.1. The second-order valence-electron chi connectivity index (χ2n) is 8.52. The third-order valence-electron chi connectivity index (χ3n) is 4.81. The third kappa shape index (κ3) is 9.78. The van der Waals surface area contributed by atoms with E-state index >= 15 is 0 Å². The molecule has 1 fully saturated rings. The quantitative estimate of drug-likeness (QED) is 0.423. The lowest BCUT2D eigenvalue weighted by atomic mass is 10.2. The van der Waals surface area contributed by atoms with Crippen LogP contribution in [0.15, 0.2) is 29.3 Å².